The fraction of sp³-hybridized carbons (Fsp3) is 0.500. The van der Waals surface area contributed by atoms with Gasteiger partial charge in [0.2, 0.25) is 0 Å². The van der Waals surface area contributed by atoms with E-state index in [2.05, 4.69) is 23.7 Å². The smallest absolute Gasteiger partial charge is 0.114 e. The highest BCUT2D eigenvalue weighted by Crippen LogP contribution is 2.30. The number of hydrogen-bond acceptors (Lipinski definition) is 2. The minimum absolute atomic E-state index is 0.510. The third-order valence-electron chi connectivity index (χ3n) is 3.91. The average Bonchev–Trinajstić information content (AvgIpc) is 2.91. The summed E-state index contributed by atoms with van der Waals surface area (Å²) in [6.07, 6.45) is 0. The van der Waals surface area contributed by atoms with Crippen molar-refractivity contribution in [2.45, 2.75) is 26.3 Å². The number of aromatic nitrogens is 2. The molecule has 3 rings (SSSR count). The van der Waals surface area contributed by atoms with Crippen molar-refractivity contribution in [2.24, 2.45) is 5.92 Å². The van der Waals surface area contributed by atoms with Crippen molar-refractivity contribution in [3.63, 3.8) is 0 Å². The van der Waals surface area contributed by atoms with Crippen LogP contribution in [0.2, 0.25) is 5.02 Å². The van der Waals surface area contributed by atoms with Crippen molar-refractivity contribution < 1.29 is 0 Å². The van der Waals surface area contributed by atoms with Gasteiger partial charge in [0, 0.05) is 24.0 Å². The molecule has 4 heteroatoms. The third kappa shape index (κ3) is 1.82. The number of benzene rings is 1. The number of rotatable bonds is 2. The first-order valence-electron chi connectivity index (χ1n) is 6.57. The van der Waals surface area contributed by atoms with Crippen molar-refractivity contribution in [1.29, 1.82) is 0 Å². The monoisotopic (exact) mass is 263 g/mol. The molecule has 1 saturated heterocycles. The van der Waals surface area contributed by atoms with Crippen LogP contribution in [0.3, 0.4) is 0 Å². The van der Waals surface area contributed by atoms with Crippen LogP contribution in [-0.4, -0.2) is 22.6 Å². The van der Waals surface area contributed by atoms with Crippen molar-refractivity contribution >= 4 is 22.6 Å². The first-order chi connectivity index (χ1) is 8.70. The number of imidazole rings is 1. The summed E-state index contributed by atoms with van der Waals surface area (Å²) in [6.45, 7) is 7.50. The second-order valence-corrected chi connectivity index (χ2v) is 5.53. The lowest BCUT2D eigenvalue weighted by molar-refractivity contribution is 0.522. The van der Waals surface area contributed by atoms with Crippen LogP contribution < -0.4 is 5.32 Å². The summed E-state index contributed by atoms with van der Waals surface area (Å²) in [6, 6.07) is 5.95. The number of nitrogens with zero attached hydrogens (tertiary/aromatic N) is 2. The summed E-state index contributed by atoms with van der Waals surface area (Å²) in [5, 5.41) is 4.23. The van der Waals surface area contributed by atoms with Gasteiger partial charge in [0.05, 0.1) is 11.0 Å². The molecular formula is C14H18ClN3. The Kier molecular flexibility index (Phi) is 3.04. The van der Waals surface area contributed by atoms with E-state index >= 15 is 0 Å². The largest absolute Gasteiger partial charge is 0.328 e. The first-order valence-corrected chi connectivity index (χ1v) is 6.95. The van der Waals surface area contributed by atoms with Crippen LogP contribution in [-0.2, 0) is 6.54 Å². The van der Waals surface area contributed by atoms with Gasteiger partial charge < -0.3 is 9.88 Å². The minimum Gasteiger partial charge on any atom is -0.328 e. The molecule has 1 aliphatic heterocycles. The lowest BCUT2D eigenvalue weighted by atomic mass is 9.97. The van der Waals surface area contributed by atoms with Crippen molar-refractivity contribution in [3.8, 4) is 0 Å². The molecule has 2 heterocycles. The Morgan fingerprint density at radius 3 is 2.94 bits per heavy atom. The van der Waals surface area contributed by atoms with E-state index in [0.29, 0.717) is 11.8 Å². The number of nitrogens with one attached hydrogen (secondary N) is 1. The van der Waals surface area contributed by atoms with Gasteiger partial charge in [-0.15, -0.1) is 0 Å². The maximum Gasteiger partial charge on any atom is 0.114 e. The molecule has 2 atom stereocenters. The molecule has 1 fully saturated rings. The fourth-order valence-corrected chi connectivity index (χ4v) is 3.05. The molecule has 0 radical (unpaired) electrons. The molecule has 3 nitrogen and oxygen atoms in total. The van der Waals surface area contributed by atoms with Gasteiger partial charge in [-0.25, -0.2) is 4.98 Å². The number of halogens is 1. The van der Waals surface area contributed by atoms with Crippen LogP contribution in [0.5, 0.6) is 0 Å². The van der Waals surface area contributed by atoms with E-state index in [1.54, 1.807) is 0 Å². The summed E-state index contributed by atoms with van der Waals surface area (Å²) in [5.74, 6) is 2.35. The highest BCUT2D eigenvalue weighted by Gasteiger charge is 2.29. The number of fused-ring (bicyclic) bond motifs is 1. The predicted octanol–water partition coefficient (Wildman–Crippen LogP) is 3.03. The zero-order valence-corrected chi connectivity index (χ0v) is 11.5. The van der Waals surface area contributed by atoms with Gasteiger partial charge in [-0.05, 0) is 37.6 Å². The molecule has 1 aliphatic rings. The molecule has 18 heavy (non-hydrogen) atoms. The van der Waals surface area contributed by atoms with Gasteiger partial charge in [-0.3, -0.25) is 0 Å². The maximum absolute atomic E-state index is 6.09. The van der Waals surface area contributed by atoms with E-state index in [9.17, 15) is 0 Å². The summed E-state index contributed by atoms with van der Waals surface area (Å²) in [5.41, 5.74) is 2.20. The molecular weight excluding hydrogens is 246 g/mol. The lowest BCUT2D eigenvalue weighted by Crippen LogP contribution is -2.14. The predicted molar refractivity (Wildman–Crippen MR) is 75.2 cm³/mol. The van der Waals surface area contributed by atoms with Gasteiger partial charge in [0.25, 0.3) is 0 Å². The minimum atomic E-state index is 0.510. The number of hydrogen-bond donors (Lipinski definition) is 1. The molecule has 2 unspecified atom stereocenters. The Hall–Kier alpha value is -1.06. The van der Waals surface area contributed by atoms with Gasteiger partial charge >= 0.3 is 0 Å². The Morgan fingerprint density at radius 2 is 2.28 bits per heavy atom. The highest BCUT2D eigenvalue weighted by molar-refractivity contribution is 6.31. The quantitative estimate of drug-likeness (QED) is 0.903. The summed E-state index contributed by atoms with van der Waals surface area (Å²) < 4.78 is 2.30. The van der Waals surface area contributed by atoms with Crippen molar-refractivity contribution in [3.05, 3.63) is 29.0 Å². The number of aryl methyl sites for hydroxylation is 1. The molecule has 96 valence electrons. The standard InChI is InChI=1S/C14H18ClN3/c1-3-18-13-6-10(15)4-5-12(13)17-14(18)11-8-16-7-9(11)2/h4-6,9,11,16H,3,7-8H2,1-2H3. The fourth-order valence-electron chi connectivity index (χ4n) is 2.89. The second-order valence-electron chi connectivity index (χ2n) is 5.09. The van der Waals surface area contributed by atoms with E-state index in [4.69, 9.17) is 16.6 Å². The molecule has 1 aromatic carbocycles. The Morgan fingerprint density at radius 1 is 1.44 bits per heavy atom. The molecule has 1 aromatic heterocycles. The molecule has 0 amide bonds. The summed E-state index contributed by atoms with van der Waals surface area (Å²) in [7, 11) is 0. The SMILES string of the molecule is CCn1c(C2CNCC2C)nc2ccc(Cl)cc21. The second kappa shape index (κ2) is 4.56. The maximum atomic E-state index is 6.09. The van der Waals surface area contributed by atoms with Crippen LogP contribution in [0.15, 0.2) is 18.2 Å². The van der Waals surface area contributed by atoms with Gasteiger partial charge in [0.15, 0.2) is 0 Å². The molecule has 0 bridgehead atoms. The van der Waals surface area contributed by atoms with Crippen LogP contribution in [0.4, 0.5) is 0 Å². The zero-order chi connectivity index (χ0) is 12.7. The van der Waals surface area contributed by atoms with Crippen molar-refractivity contribution in [2.75, 3.05) is 13.1 Å². The normalized spacial score (nSPS) is 23.9. The molecule has 0 aliphatic carbocycles. The highest BCUT2D eigenvalue weighted by atomic mass is 35.5. The van der Waals surface area contributed by atoms with Crippen molar-refractivity contribution in [1.82, 2.24) is 14.9 Å². The van der Waals surface area contributed by atoms with E-state index < -0.39 is 0 Å². The molecule has 2 aromatic rings. The zero-order valence-electron chi connectivity index (χ0n) is 10.8. The Bertz CT molecular complexity index is 576. The van der Waals surface area contributed by atoms with Gasteiger partial charge in [0.1, 0.15) is 5.82 Å². The average molecular weight is 264 g/mol. The van der Waals surface area contributed by atoms with E-state index in [-0.39, 0.29) is 0 Å². The third-order valence-corrected chi connectivity index (χ3v) is 4.14. The van der Waals surface area contributed by atoms with Gasteiger partial charge in [-0.1, -0.05) is 18.5 Å². The summed E-state index contributed by atoms with van der Waals surface area (Å²) in [4.78, 5) is 4.82. The first kappa shape index (κ1) is 12.0. The Labute approximate surface area is 112 Å². The molecule has 0 spiro atoms. The van der Waals surface area contributed by atoms with E-state index in [1.165, 1.54) is 5.82 Å². The van der Waals surface area contributed by atoms with Crippen LogP contribution in [0.25, 0.3) is 11.0 Å². The molecule has 0 saturated carbocycles. The van der Waals surface area contributed by atoms with Crippen LogP contribution in [0.1, 0.15) is 25.6 Å². The Balaban J connectivity index is 2.16. The van der Waals surface area contributed by atoms with Gasteiger partial charge in [-0.2, -0.15) is 0 Å². The topological polar surface area (TPSA) is 29.9 Å². The van der Waals surface area contributed by atoms with Crippen LogP contribution in [0, 0.1) is 5.92 Å². The van der Waals surface area contributed by atoms with Crippen LogP contribution >= 0.6 is 11.6 Å². The van der Waals surface area contributed by atoms with E-state index in [1.807, 2.05) is 18.2 Å². The molecule has 1 N–H and O–H groups in total. The van der Waals surface area contributed by atoms with E-state index in [0.717, 1.165) is 35.7 Å². The lowest BCUT2D eigenvalue weighted by Gasteiger charge is -2.15. The summed E-state index contributed by atoms with van der Waals surface area (Å²) >= 11 is 6.09.